The lowest BCUT2D eigenvalue weighted by molar-refractivity contribution is -0.384. The van der Waals surface area contributed by atoms with Gasteiger partial charge in [-0.3, -0.25) is 10.1 Å². The molecule has 2 aromatic carbocycles. The average molecular weight is 296 g/mol. The molecule has 5 nitrogen and oxygen atoms in total. The van der Waals surface area contributed by atoms with E-state index in [9.17, 15) is 15.2 Å². The van der Waals surface area contributed by atoms with Crippen LogP contribution in [0.5, 0.6) is 0 Å². The summed E-state index contributed by atoms with van der Waals surface area (Å²) in [6.07, 6.45) is 2.52. The number of hydrogen-bond acceptors (Lipinski definition) is 3. The maximum atomic E-state index is 10.8. The van der Waals surface area contributed by atoms with Crippen molar-refractivity contribution in [3.63, 3.8) is 0 Å². The van der Waals surface area contributed by atoms with E-state index in [0.29, 0.717) is 6.42 Å². The van der Waals surface area contributed by atoms with Crippen LogP contribution >= 0.6 is 0 Å². The second kappa shape index (κ2) is 5.99. The molecule has 5 heteroatoms. The van der Waals surface area contributed by atoms with E-state index in [0.717, 1.165) is 22.0 Å². The van der Waals surface area contributed by atoms with Gasteiger partial charge in [-0.15, -0.1) is 0 Å². The Morgan fingerprint density at radius 1 is 1.14 bits per heavy atom. The molecule has 0 aliphatic rings. The largest absolute Gasteiger partial charge is 0.396 e. The zero-order chi connectivity index (χ0) is 15.5. The Labute approximate surface area is 127 Å². The van der Waals surface area contributed by atoms with Crippen molar-refractivity contribution >= 4 is 16.6 Å². The van der Waals surface area contributed by atoms with Gasteiger partial charge in [-0.05, 0) is 23.6 Å². The highest BCUT2D eigenvalue weighted by Crippen LogP contribution is 2.33. The molecule has 3 aromatic rings. The van der Waals surface area contributed by atoms with Crippen molar-refractivity contribution in [2.24, 2.45) is 0 Å². The van der Waals surface area contributed by atoms with Gasteiger partial charge in [-0.2, -0.15) is 0 Å². The number of H-pyrrole nitrogens is 1. The summed E-state index contributed by atoms with van der Waals surface area (Å²) in [5.41, 5.74) is 3.18. The van der Waals surface area contributed by atoms with Gasteiger partial charge in [0.25, 0.3) is 5.69 Å². The molecule has 0 spiro atoms. The predicted molar refractivity (Wildman–Crippen MR) is 84.9 cm³/mol. The fourth-order valence-electron chi connectivity index (χ4n) is 2.84. The van der Waals surface area contributed by atoms with Crippen molar-refractivity contribution in [2.45, 2.75) is 12.3 Å². The monoisotopic (exact) mass is 296 g/mol. The molecule has 2 N–H and O–H groups in total. The van der Waals surface area contributed by atoms with E-state index in [-0.39, 0.29) is 18.2 Å². The number of aromatic nitrogens is 1. The van der Waals surface area contributed by atoms with E-state index >= 15 is 0 Å². The first-order valence-electron chi connectivity index (χ1n) is 7.12. The maximum absolute atomic E-state index is 10.8. The van der Waals surface area contributed by atoms with Gasteiger partial charge in [0, 0.05) is 41.8 Å². The number of aliphatic hydroxyl groups excluding tert-OH is 1. The smallest absolute Gasteiger partial charge is 0.269 e. The Kier molecular flexibility index (Phi) is 3.89. The minimum absolute atomic E-state index is 0.00181. The van der Waals surface area contributed by atoms with Crippen LogP contribution in [0.25, 0.3) is 10.9 Å². The van der Waals surface area contributed by atoms with E-state index in [1.165, 1.54) is 12.1 Å². The molecule has 0 fully saturated rings. The number of nitro benzene ring substituents is 1. The van der Waals surface area contributed by atoms with Gasteiger partial charge in [0.05, 0.1) is 4.92 Å². The molecule has 3 rings (SSSR count). The number of aliphatic hydroxyl groups is 1. The number of nitro groups is 1. The lowest BCUT2D eigenvalue weighted by atomic mass is 9.88. The first-order chi connectivity index (χ1) is 10.7. The Bertz CT molecular complexity index is 793. The van der Waals surface area contributed by atoms with E-state index in [1.807, 2.05) is 30.5 Å². The van der Waals surface area contributed by atoms with Crippen LogP contribution < -0.4 is 0 Å². The topological polar surface area (TPSA) is 79.2 Å². The molecule has 0 radical (unpaired) electrons. The molecule has 0 bridgehead atoms. The Morgan fingerprint density at radius 2 is 1.86 bits per heavy atom. The third-order valence-corrected chi connectivity index (χ3v) is 3.92. The van der Waals surface area contributed by atoms with Gasteiger partial charge in [0.2, 0.25) is 0 Å². The molecule has 1 heterocycles. The minimum atomic E-state index is -0.406. The number of benzene rings is 2. The van der Waals surface area contributed by atoms with E-state index in [1.54, 1.807) is 12.1 Å². The highest BCUT2D eigenvalue weighted by molar-refractivity contribution is 5.84. The van der Waals surface area contributed by atoms with Gasteiger partial charge in [-0.25, -0.2) is 0 Å². The molecule has 1 atom stereocenters. The molecule has 112 valence electrons. The van der Waals surface area contributed by atoms with Crippen LogP contribution in [0.4, 0.5) is 5.69 Å². The van der Waals surface area contributed by atoms with Crippen molar-refractivity contribution < 1.29 is 10.0 Å². The number of rotatable bonds is 5. The summed E-state index contributed by atoms with van der Waals surface area (Å²) in [5, 5.41) is 21.3. The van der Waals surface area contributed by atoms with E-state index < -0.39 is 4.92 Å². The van der Waals surface area contributed by atoms with Gasteiger partial charge in [0.15, 0.2) is 0 Å². The quantitative estimate of drug-likeness (QED) is 0.558. The summed E-state index contributed by atoms with van der Waals surface area (Å²) in [6, 6.07) is 14.5. The van der Waals surface area contributed by atoms with Crippen molar-refractivity contribution in [2.75, 3.05) is 6.61 Å². The molecular formula is C17H16N2O3. The normalized spacial score (nSPS) is 12.4. The van der Waals surface area contributed by atoms with Gasteiger partial charge >= 0.3 is 0 Å². The molecule has 0 saturated carbocycles. The van der Waals surface area contributed by atoms with Gasteiger partial charge < -0.3 is 10.1 Å². The molecule has 22 heavy (non-hydrogen) atoms. The van der Waals surface area contributed by atoms with Crippen molar-refractivity contribution in [3.8, 4) is 0 Å². The molecule has 0 aliphatic heterocycles. The van der Waals surface area contributed by atoms with Crippen molar-refractivity contribution in [1.82, 2.24) is 4.98 Å². The zero-order valence-corrected chi connectivity index (χ0v) is 11.9. The zero-order valence-electron chi connectivity index (χ0n) is 11.9. The summed E-state index contributed by atoms with van der Waals surface area (Å²) >= 11 is 0. The predicted octanol–water partition coefficient (Wildman–Crippen LogP) is 3.59. The van der Waals surface area contributed by atoms with Crippen LogP contribution in [0.2, 0.25) is 0 Å². The van der Waals surface area contributed by atoms with Crippen molar-refractivity contribution in [1.29, 1.82) is 0 Å². The first kappa shape index (κ1) is 14.3. The minimum Gasteiger partial charge on any atom is -0.396 e. The number of aromatic amines is 1. The highest BCUT2D eigenvalue weighted by Gasteiger charge is 2.18. The highest BCUT2D eigenvalue weighted by atomic mass is 16.6. The number of para-hydroxylation sites is 1. The van der Waals surface area contributed by atoms with Crippen LogP contribution in [0, 0.1) is 10.1 Å². The SMILES string of the molecule is O=[N+]([O-])c1ccc(C(CCO)c2c[nH]c3ccccc23)cc1. The molecular weight excluding hydrogens is 280 g/mol. The molecule has 1 unspecified atom stereocenters. The molecule has 0 aliphatic carbocycles. The second-order valence-corrected chi connectivity index (χ2v) is 5.20. The lowest BCUT2D eigenvalue weighted by Gasteiger charge is -2.16. The van der Waals surface area contributed by atoms with E-state index in [2.05, 4.69) is 4.98 Å². The number of fused-ring (bicyclic) bond motifs is 1. The van der Waals surface area contributed by atoms with Crippen LogP contribution in [-0.4, -0.2) is 21.6 Å². The fraction of sp³-hybridized carbons (Fsp3) is 0.176. The number of hydrogen-bond donors (Lipinski definition) is 2. The third-order valence-electron chi connectivity index (χ3n) is 3.92. The lowest BCUT2D eigenvalue weighted by Crippen LogP contribution is -2.03. The Morgan fingerprint density at radius 3 is 2.55 bits per heavy atom. The summed E-state index contributed by atoms with van der Waals surface area (Å²) in [4.78, 5) is 13.6. The molecule has 0 saturated heterocycles. The molecule has 0 amide bonds. The van der Waals surface area contributed by atoms with Gasteiger partial charge in [0.1, 0.15) is 0 Å². The van der Waals surface area contributed by atoms with Crippen molar-refractivity contribution in [3.05, 3.63) is 76.0 Å². The summed E-state index contributed by atoms with van der Waals surface area (Å²) < 4.78 is 0. The van der Waals surface area contributed by atoms with Crippen LogP contribution in [0.15, 0.2) is 54.7 Å². The van der Waals surface area contributed by atoms with Crippen LogP contribution in [-0.2, 0) is 0 Å². The van der Waals surface area contributed by atoms with Gasteiger partial charge in [-0.1, -0.05) is 30.3 Å². The van der Waals surface area contributed by atoms with Crippen LogP contribution in [0.1, 0.15) is 23.5 Å². The Balaban J connectivity index is 2.04. The summed E-state index contributed by atoms with van der Waals surface area (Å²) in [5.74, 6) is 0.00181. The molecule has 1 aromatic heterocycles. The summed E-state index contributed by atoms with van der Waals surface area (Å²) in [7, 11) is 0. The third kappa shape index (κ3) is 2.58. The summed E-state index contributed by atoms with van der Waals surface area (Å²) in [6.45, 7) is 0.0567. The number of nitrogens with one attached hydrogen (secondary N) is 1. The standard InChI is InChI=1S/C17H16N2O3/c20-10-9-14(12-5-7-13(8-6-12)19(21)22)16-11-18-17-4-2-1-3-15(16)17/h1-8,11,14,18,20H,9-10H2. The average Bonchev–Trinajstić information content (AvgIpc) is 2.96. The fourth-order valence-corrected chi connectivity index (χ4v) is 2.84. The van der Waals surface area contributed by atoms with Crippen LogP contribution in [0.3, 0.4) is 0 Å². The first-order valence-corrected chi connectivity index (χ1v) is 7.12. The van der Waals surface area contributed by atoms with E-state index in [4.69, 9.17) is 0 Å². The maximum Gasteiger partial charge on any atom is 0.269 e. The Hall–Kier alpha value is -2.66. The number of non-ortho nitro benzene ring substituents is 1. The number of nitrogens with zero attached hydrogens (tertiary/aromatic N) is 1. The second-order valence-electron chi connectivity index (χ2n) is 5.20.